The first-order chi connectivity index (χ1) is 15.5. The van der Waals surface area contributed by atoms with Crippen LogP contribution in [-0.4, -0.2) is 7.11 Å². The lowest BCUT2D eigenvalue weighted by molar-refractivity contribution is 0.114. The van der Waals surface area contributed by atoms with Gasteiger partial charge in [0, 0.05) is 17.2 Å². The number of halogens is 3. The van der Waals surface area contributed by atoms with Gasteiger partial charge in [-0.1, -0.05) is 30.7 Å². The monoisotopic (exact) mass is 442 g/mol. The summed E-state index contributed by atoms with van der Waals surface area (Å²) < 4.78 is 49.6. The number of methoxy groups -OCH3 is 1. The van der Waals surface area contributed by atoms with Crippen LogP contribution in [0, 0.1) is 35.2 Å². The summed E-state index contributed by atoms with van der Waals surface area (Å²) in [6.07, 6.45) is 13.4. The van der Waals surface area contributed by atoms with E-state index in [2.05, 4.69) is 19.1 Å². The largest absolute Gasteiger partial charge is 0.497 e. The fourth-order valence-electron chi connectivity index (χ4n) is 5.96. The van der Waals surface area contributed by atoms with Crippen molar-refractivity contribution < 1.29 is 17.9 Å². The number of hydrogen-bond donors (Lipinski definition) is 0. The molecule has 0 bridgehead atoms. The van der Waals surface area contributed by atoms with Crippen LogP contribution in [0.2, 0.25) is 0 Å². The minimum Gasteiger partial charge on any atom is -0.497 e. The molecule has 32 heavy (non-hydrogen) atoms. The molecule has 0 radical (unpaired) electrons. The van der Waals surface area contributed by atoms with Gasteiger partial charge in [0.1, 0.15) is 11.6 Å². The van der Waals surface area contributed by atoms with Gasteiger partial charge < -0.3 is 4.74 Å². The van der Waals surface area contributed by atoms with E-state index in [-0.39, 0.29) is 17.0 Å². The summed E-state index contributed by atoms with van der Waals surface area (Å²) in [6, 6.07) is 7.39. The standard InChI is InChI=1S/C28H33F3O/c1-3-4-5-6-18-7-8-20-16-21(10-9-19(20)15-18)23-13-14-25(28(31)27(23)30)24-12-11-22(32-2)17-26(24)29/h3-4,11-14,17-21H,5-10,15-16H2,1-2H3/b4-3+. The first-order valence-corrected chi connectivity index (χ1v) is 11.9. The Morgan fingerprint density at radius 1 is 0.906 bits per heavy atom. The second kappa shape index (κ2) is 10.1. The van der Waals surface area contributed by atoms with E-state index in [4.69, 9.17) is 4.74 Å². The third-order valence-electron chi connectivity index (χ3n) is 7.72. The van der Waals surface area contributed by atoms with Gasteiger partial charge in [0.15, 0.2) is 11.6 Å². The molecule has 2 aliphatic carbocycles. The van der Waals surface area contributed by atoms with Gasteiger partial charge >= 0.3 is 0 Å². The van der Waals surface area contributed by atoms with Crippen LogP contribution >= 0.6 is 0 Å². The van der Waals surface area contributed by atoms with Crippen LogP contribution in [-0.2, 0) is 0 Å². The zero-order valence-corrected chi connectivity index (χ0v) is 19.0. The first kappa shape index (κ1) is 22.9. The summed E-state index contributed by atoms with van der Waals surface area (Å²) in [6.45, 7) is 2.07. The van der Waals surface area contributed by atoms with E-state index in [1.807, 2.05) is 0 Å². The number of benzene rings is 2. The van der Waals surface area contributed by atoms with Crippen molar-refractivity contribution in [2.24, 2.45) is 17.8 Å². The highest BCUT2D eigenvalue weighted by molar-refractivity contribution is 5.66. The van der Waals surface area contributed by atoms with Crippen molar-refractivity contribution in [1.29, 1.82) is 0 Å². The average molecular weight is 443 g/mol. The topological polar surface area (TPSA) is 9.23 Å². The fraction of sp³-hybridized carbons (Fsp3) is 0.500. The lowest BCUT2D eigenvalue weighted by Crippen LogP contribution is -2.30. The quantitative estimate of drug-likeness (QED) is 0.408. The maximum atomic E-state index is 15.1. The summed E-state index contributed by atoms with van der Waals surface area (Å²) in [7, 11) is 1.44. The summed E-state index contributed by atoms with van der Waals surface area (Å²) in [5.41, 5.74) is 0.462. The minimum atomic E-state index is -0.957. The number of ether oxygens (including phenoxy) is 1. The molecular formula is C28H33F3O. The normalized spacial score (nSPS) is 25.7. The van der Waals surface area contributed by atoms with E-state index < -0.39 is 17.5 Å². The highest BCUT2D eigenvalue weighted by Crippen LogP contribution is 2.49. The Kier molecular flexibility index (Phi) is 7.27. The molecule has 4 atom stereocenters. The molecule has 4 rings (SSSR count). The van der Waals surface area contributed by atoms with Crippen LogP contribution in [0.15, 0.2) is 42.5 Å². The van der Waals surface area contributed by atoms with Gasteiger partial charge in [-0.3, -0.25) is 0 Å². The van der Waals surface area contributed by atoms with E-state index in [1.54, 1.807) is 12.1 Å². The maximum absolute atomic E-state index is 15.1. The van der Waals surface area contributed by atoms with E-state index in [1.165, 1.54) is 51.0 Å². The summed E-state index contributed by atoms with van der Waals surface area (Å²) in [5, 5.41) is 0. The highest BCUT2D eigenvalue weighted by Gasteiger charge is 2.37. The third-order valence-corrected chi connectivity index (χ3v) is 7.72. The zero-order valence-electron chi connectivity index (χ0n) is 19.0. The average Bonchev–Trinajstić information content (AvgIpc) is 2.81. The van der Waals surface area contributed by atoms with Gasteiger partial charge in [0.25, 0.3) is 0 Å². The molecule has 2 fully saturated rings. The van der Waals surface area contributed by atoms with E-state index in [0.29, 0.717) is 17.2 Å². The van der Waals surface area contributed by atoms with Gasteiger partial charge in [-0.05, 0) is 93.2 Å². The Balaban J connectivity index is 1.47. The predicted octanol–water partition coefficient (Wildman–Crippen LogP) is 8.44. The van der Waals surface area contributed by atoms with Crippen LogP contribution in [0.1, 0.15) is 69.8 Å². The zero-order chi connectivity index (χ0) is 22.7. The Morgan fingerprint density at radius 2 is 1.66 bits per heavy atom. The van der Waals surface area contributed by atoms with E-state index in [9.17, 15) is 4.39 Å². The van der Waals surface area contributed by atoms with Crippen molar-refractivity contribution in [3.63, 3.8) is 0 Å². The van der Waals surface area contributed by atoms with Crippen molar-refractivity contribution in [3.8, 4) is 16.9 Å². The third kappa shape index (κ3) is 4.74. The number of fused-ring (bicyclic) bond motifs is 1. The molecule has 172 valence electrons. The SMILES string of the molecule is C/C=C/CCC1CCC2CC(c3ccc(-c4ccc(OC)cc4F)c(F)c3F)CCC2C1. The lowest BCUT2D eigenvalue weighted by Gasteiger charge is -2.42. The molecule has 0 aliphatic heterocycles. The Labute approximate surface area is 189 Å². The molecule has 0 saturated heterocycles. The maximum Gasteiger partial charge on any atom is 0.167 e. The van der Waals surface area contributed by atoms with Crippen molar-refractivity contribution >= 4 is 0 Å². The molecule has 0 heterocycles. The second-order valence-electron chi connectivity index (χ2n) is 9.53. The van der Waals surface area contributed by atoms with Crippen molar-refractivity contribution in [2.75, 3.05) is 7.11 Å². The van der Waals surface area contributed by atoms with Gasteiger partial charge in [-0.15, -0.1) is 0 Å². The Morgan fingerprint density at radius 3 is 2.41 bits per heavy atom. The summed E-state index contributed by atoms with van der Waals surface area (Å²) in [4.78, 5) is 0. The molecule has 4 heteroatoms. The van der Waals surface area contributed by atoms with Crippen molar-refractivity contribution in [2.45, 2.75) is 64.2 Å². The molecular weight excluding hydrogens is 409 g/mol. The van der Waals surface area contributed by atoms with E-state index >= 15 is 8.78 Å². The molecule has 4 unspecified atom stereocenters. The molecule has 0 amide bonds. The Hall–Kier alpha value is -2.23. The lowest BCUT2D eigenvalue weighted by atomic mass is 9.63. The number of rotatable bonds is 6. The molecule has 0 aromatic heterocycles. The van der Waals surface area contributed by atoms with E-state index in [0.717, 1.165) is 37.5 Å². The molecule has 2 aromatic rings. The fourth-order valence-corrected chi connectivity index (χ4v) is 5.96. The number of allylic oxidation sites excluding steroid dienone is 2. The summed E-state index contributed by atoms with van der Waals surface area (Å²) >= 11 is 0. The van der Waals surface area contributed by atoms with Crippen molar-refractivity contribution in [3.05, 3.63) is 65.5 Å². The molecule has 1 nitrogen and oxygen atoms in total. The number of hydrogen-bond acceptors (Lipinski definition) is 1. The summed E-state index contributed by atoms with van der Waals surface area (Å²) in [5.74, 6) is 0.114. The van der Waals surface area contributed by atoms with Crippen LogP contribution < -0.4 is 4.74 Å². The van der Waals surface area contributed by atoms with Crippen molar-refractivity contribution in [1.82, 2.24) is 0 Å². The van der Waals surface area contributed by atoms with Gasteiger partial charge in [-0.25, -0.2) is 13.2 Å². The van der Waals surface area contributed by atoms with Crippen LogP contribution in [0.3, 0.4) is 0 Å². The Bertz CT molecular complexity index is 967. The van der Waals surface area contributed by atoms with Gasteiger partial charge in [0.2, 0.25) is 0 Å². The highest BCUT2D eigenvalue weighted by atomic mass is 19.2. The van der Waals surface area contributed by atoms with Gasteiger partial charge in [0.05, 0.1) is 7.11 Å². The van der Waals surface area contributed by atoms with Crippen LogP contribution in [0.25, 0.3) is 11.1 Å². The molecule has 2 saturated carbocycles. The molecule has 0 N–H and O–H groups in total. The first-order valence-electron chi connectivity index (χ1n) is 11.9. The molecule has 2 aliphatic rings. The molecule has 2 aromatic carbocycles. The van der Waals surface area contributed by atoms with Crippen LogP contribution in [0.4, 0.5) is 13.2 Å². The van der Waals surface area contributed by atoms with Crippen LogP contribution in [0.5, 0.6) is 5.75 Å². The predicted molar refractivity (Wildman–Crippen MR) is 123 cm³/mol. The van der Waals surface area contributed by atoms with Gasteiger partial charge in [-0.2, -0.15) is 0 Å². The minimum absolute atomic E-state index is 0.0401. The second-order valence-corrected chi connectivity index (χ2v) is 9.53. The smallest absolute Gasteiger partial charge is 0.167 e. The molecule has 0 spiro atoms.